The predicted octanol–water partition coefficient (Wildman–Crippen LogP) is 2.11. The molecular formula is C39H71NO13. The van der Waals surface area contributed by atoms with Crippen LogP contribution in [0.15, 0.2) is 0 Å². The number of esters is 1. The Morgan fingerprint density at radius 1 is 0.868 bits per heavy atom. The topological polar surface area (TPSA) is 197 Å². The van der Waals surface area contributed by atoms with Crippen molar-refractivity contribution in [3.8, 4) is 0 Å². The van der Waals surface area contributed by atoms with Crippen molar-refractivity contribution >= 4 is 5.97 Å². The highest BCUT2D eigenvalue weighted by Gasteiger charge is 2.52. The van der Waals surface area contributed by atoms with Gasteiger partial charge in [0.05, 0.1) is 54.2 Å². The third-order valence-electron chi connectivity index (χ3n) is 13.3. The summed E-state index contributed by atoms with van der Waals surface area (Å²) in [6.45, 7) is 15.3. The van der Waals surface area contributed by atoms with Crippen LogP contribution in [-0.4, -0.2) is 153 Å². The Morgan fingerprint density at radius 3 is 2.08 bits per heavy atom. The number of methoxy groups -OCH3 is 1. The zero-order chi connectivity index (χ0) is 39.7. The Kier molecular flexibility index (Phi) is 15.2. The number of cyclic esters (lactones) is 1. The van der Waals surface area contributed by atoms with E-state index in [4.69, 9.17) is 28.4 Å². The molecule has 4 aliphatic rings. The monoisotopic (exact) mass is 761 g/mol. The van der Waals surface area contributed by atoms with Crippen LogP contribution in [0, 0.1) is 23.7 Å². The summed E-state index contributed by atoms with van der Waals surface area (Å²) in [7, 11) is 3.51. The number of carbonyl (C=O) groups excluding carboxylic acids is 1. The Morgan fingerprint density at radius 2 is 1.51 bits per heavy atom. The number of aliphatic hydroxyl groups is 6. The lowest BCUT2D eigenvalue weighted by Gasteiger charge is -2.49. The molecule has 0 spiro atoms. The van der Waals surface area contributed by atoms with E-state index in [1.54, 1.807) is 48.5 Å². The fourth-order valence-electron chi connectivity index (χ4n) is 9.06. The molecule has 53 heavy (non-hydrogen) atoms. The summed E-state index contributed by atoms with van der Waals surface area (Å²) in [5.41, 5.74) is -2.96. The van der Waals surface area contributed by atoms with Crippen LogP contribution in [0.1, 0.15) is 107 Å². The second-order valence-corrected chi connectivity index (χ2v) is 17.3. The van der Waals surface area contributed by atoms with Gasteiger partial charge in [-0.15, -0.1) is 0 Å². The molecule has 0 aromatic rings. The first-order valence-electron chi connectivity index (χ1n) is 19.9. The second kappa shape index (κ2) is 18.1. The van der Waals surface area contributed by atoms with Gasteiger partial charge < -0.3 is 59.1 Å². The van der Waals surface area contributed by atoms with Gasteiger partial charge in [-0.3, -0.25) is 9.69 Å². The van der Waals surface area contributed by atoms with Crippen molar-refractivity contribution in [2.45, 2.75) is 204 Å². The lowest BCUT2D eigenvalue weighted by Crippen LogP contribution is -2.61. The maximum absolute atomic E-state index is 14.1. The third-order valence-corrected chi connectivity index (χ3v) is 13.3. The van der Waals surface area contributed by atoms with Crippen LogP contribution < -0.4 is 0 Å². The van der Waals surface area contributed by atoms with Gasteiger partial charge in [-0.1, -0.05) is 34.1 Å². The molecular weight excluding hydrogens is 690 g/mol. The highest BCUT2D eigenvalue weighted by atomic mass is 16.7. The fourth-order valence-corrected chi connectivity index (χ4v) is 9.06. The van der Waals surface area contributed by atoms with Crippen molar-refractivity contribution in [2.75, 3.05) is 14.2 Å². The molecule has 14 nitrogen and oxygen atoms in total. The fraction of sp³-hybridized carbons (Fsp3) is 0.974. The molecule has 3 saturated heterocycles. The molecule has 1 saturated carbocycles. The molecule has 6 N–H and O–H groups in total. The minimum atomic E-state index is -1.92. The number of carbonyl (C=O) groups is 1. The minimum absolute atomic E-state index is 0.00675. The Balaban J connectivity index is 1.76. The van der Waals surface area contributed by atoms with Crippen molar-refractivity contribution in [3.63, 3.8) is 0 Å². The van der Waals surface area contributed by atoms with Crippen molar-refractivity contribution in [1.82, 2.24) is 4.90 Å². The van der Waals surface area contributed by atoms with E-state index in [0.717, 1.165) is 19.3 Å². The first kappa shape index (κ1) is 44.7. The quantitative estimate of drug-likeness (QED) is 0.197. The number of nitrogens with zero attached hydrogens (tertiary/aromatic N) is 1. The van der Waals surface area contributed by atoms with Crippen LogP contribution in [-0.2, 0) is 33.2 Å². The van der Waals surface area contributed by atoms with Gasteiger partial charge in [0, 0.05) is 37.5 Å². The summed E-state index contributed by atoms with van der Waals surface area (Å²) < 4.78 is 37.3. The Labute approximate surface area is 316 Å². The number of ether oxygens (including phenoxy) is 6. The van der Waals surface area contributed by atoms with Crippen molar-refractivity contribution in [2.24, 2.45) is 23.7 Å². The van der Waals surface area contributed by atoms with Crippen LogP contribution in [0.4, 0.5) is 0 Å². The zero-order valence-corrected chi connectivity index (χ0v) is 33.8. The van der Waals surface area contributed by atoms with Crippen molar-refractivity contribution in [3.05, 3.63) is 0 Å². The summed E-state index contributed by atoms with van der Waals surface area (Å²) >= 11 is 0. The molecule has 3 heterocycles. The van der Waals surface area contributed by atoms with E-state index in [1.165, 1.54) is 14.0 Å². The summed E-state index contributed by atoms with van der Waals surface area (Å²) in [4.78, 5) is 16.3. The number of hydrogen-bond acceptors (Lipinski definition) is 14. The summed E-state index contributed by atoms with van der Waals surface area (Å²) in [6.07, 6.45) is -8.12. The van der Waals surface area contributed by atoms with Crippen LogP contribution in [0.25, 0.3) is 0 Å². The van der Waals surface area contributed by atoms with Gasteiger partial charge in [0.15, 0.2) is 12.6 Å². The molecule has 3 aliphatic heterocycles. The molecule has 19 atom stereocenters. The van der Waals surface area contributed by atoms with E-state index in [-0.39, 0.29) is 31.4 Å². The van der Waals surface area contributed by atoms with E-state index >= 15 is 0 Å². The number of likely N-dealkylation sites (N-methyl/N-ethyl adjacent to an activating group) is 1. The predicted molar refractivity (Wildman–Crippen MR) is 194 cm³/mol. The summed E-state index contributed by atoms with van der Waals surface area (Å²) in [6, 6.07) is 0.101. The standard InChI is InChI=1S/C39H71NO13/c1-12-28-39(9,47)34(44)21(4)30(42)19(2)16-27(41)33(53-37-31(43)26(17-20(3)49-37)40(10)25-14-13-15-25)22(5)32(23(6)36(46)51-28)52-29-18-38(8,48-11)35(45)24(7)50-29/h19-35,37,41-45,47H,12-18H2,1-11H3/t19-,20-,21+,22+,23-,24+,26+,27-,28-,29+,30+,31-,32+,33-,34-,35+,37+,38-,39-/m1/s1. The smallest absolute Gasteiger partial charge is 0.311 e. The Hall–Kier alpha value is -1.01. The maximum atomic E-state index is 14.1. The van der Waals surface area contributed by atoms with Gasteiger partial charge in [0.2, 0.25) is 0 Å². The van der Waals surface area contributed by atoms with E-state index in [0.29, 0.717) is 12.5 Å². The Bertz CT molecular complexity index is 1170. The minimum Gasteiger partial charge on any atom is -0.459 e. The first-order chi connectivity index (χ1) is 24.7. The summed E-state index contributed by atoms with van der Waals surface area (Å²) in [5, 5.41) is 69.2. The third kappa shape index (κ3) is 9.59. The van der Waals surface area contributed by atoms with Crippen molar-refractivity contribution < 1.29 is 63.9 Å². The molecule has 4 fully saturated rings. The van der Waals surface area contributed by atoms with Gasteiger partial charge in [-0.25, -0.2) is 0 Å². The normalized spacial score (nSPS) is 49.9. The highest BCUT2D eigenvalue weighted by Crippen LogP contribution is 2.39. The van der Waals surface area contributed by atoms with E-state index in [1.807, 2.05) is 14.0 Å². The van der Waals surface area contributed by atoms with Crippen LogP contribution in [0.5, 0.6) is 0 Å². The average molecular weight is 762 g/mol. The van der Waals surface area contributed by atoms with Gasteiger partial charge in [-0.05, 0) is 79.7 Å². The van der Waals surface area contributed by atoms with Gasteiger partial charge in [-0.2, -0.15) is 0 Å². The summed E-state index contributed by atoms with van der Waals surface area (Å²) in [5.74, 6) is -3.99. The second-order valence-electron chi connectivity index (χ2n) is 17.3. The lowest BCUT2D eigenvalue weighted by atomic mass is 9.76. The molecule has 1 aliphatic carbocycles. The molecule has 0 aromatic carbocycles. The van der Waals surface area contributed by atoms with Crippen molar-refractivity contribution in [1.29, 1.82) is 0 Å². The molecule has 0 amide bonds. The molecule has 0 bridgehead atoms. The molecule has 0 aromatic heterocycles. The van der Waals surface area contributed by atoms with Gasteiger partial charge >= 0.3 is 5.97 Å². The highest BCUT2D eigenvalue weighted by molar-refractivity contribution is 5.73. The molecule has 4 rings (SSSR count). The largest absolute Gasteiger partial charge is 0.459 e. The molecule has 0 radical (unpaired) electrons. The van der Waals surface area contributed by atoms with E-state index in [9.17, 15) is 35.4 Å². The SMILES string of the molecule is CC[C@H]1OC(=O)[C@H](C)[C@@H](O[C@H]2C[C@@](C)(OC)[C@@H](O)[C@H](C)O2)[C@H](C)[C@@H](O[C@@H]2O[C@H](C)C[C@H](N(C)C3CCC3)[C@H]2O)[C@H](O)C[C@@H](C)[C@H](O)[C@H](C)[C@@H](O)[C@]1(C)O. The average Bonchev–Trinajstić information content (AvgIpc) is 3.08. The van der Waals surface area contributed by atoms with Crippen LogP contribution >= 0.6 is 0 Å². The van der Waals surface area contributed by atoms with Crippen LogP contribution in [0.3, 0.4) is 0 Å². The molecule has 14 heteroatoms. The van der Waals surface area contributed by atoms with E-state index in [2.05, 4.69) is 4.90 Å². The van der Waals surface area contributed by atoms with Gasteiger partial charge in [0.25, 0.3) is 0 Å². The first-order valence-corrected chi connectivity index (χ1v) is 19.9. The lowest BCUT2D eigenvalue weighted by molar-refractivity contribution is -0.312. The zero-order valence-electron chi connectivity index (χ0n) is 33.8. The van der Waals surface area contributed by atoms with Gasteiger partial charge in [0.1, 0.15) is 23.9 Å². The maximum Gasteiger partial charge on any atom is 0.311 e. The number of aliphatic hydroxyl groups excluding tert-OH is 5. The molecule has 0 unspecified atom stereocenters. The number of hydrogen-bond donors (Lipinski definition) is 6. The van der Waals surface area contributed by atoms with Crippen LogP contribution in [0.2, 0.25) is 0 Å². The molecule has 310 valence electrons. The number of rotatable bonds is 8. The van der Waals surface area contributed by atoms with E-state index < -0.39 is 108 Å².